The molecule has 0 saturated heterocycles. The van der Waals surface area contributed by atoms with Crippen molar-refractivity contribution in [3.63, 3.8) is 0 Å². The molecular weight excluding hydrogens is 282 g/mol. The summed E-state index contributed by atoms with van der Waals surface area (Å²) < 4.78 is 5.46. The second-order valence-corrected chi connectivity index (χ2v) is 5.40. The van der Waals surface area contributed by atoms with Crippen molar-refractivity contribution in [3.8, 4) is 0 Å². The summed E-state index contributed by atoms with van der Waals surface area (Å²) in [4.78, 5) is 12.0. The molecular formula is C16H21N3O3. The van der Waals surface area contributed by atoms with Gasteiger partial charge in [0.2, 0.25) is 17.7 Å². The van der Waals surface area contributed by atoms with Gasteiger partial charge in [0.15, 0.2) is 0 Å². The van der Waals surface area contributed by atoms with Crippen molar-refractivity contribution in [1.82, 2.24) is 15.5 Å². The highest BCUT2D eigenvalue weighted by molar-refractivity contribution is 5.76. The molecule has 1 atom stereocenters. The van der Waals surface area contributed by atoms with Crippen LogP contribution in [0.4, 0.5) is 0 Å². The van der Waals surface area contributed by atoms with Gasteiger partial charge in [0.25, 0.3) is 0 Å². The van der Waals surface area contributed by atoms with Crippen molar-refractivity contribution in [2.45, 2.75) is 38.6 Å². The van der Waals surface area contributed by atoms with E-state index < -0.39 is 6.04 Å². The van der Waals surface area contributed by atoms with Crippen LogP contribution in [-0.2, 0) is 11.2 Å². The number of aromatic nitrogens is 2. The van der Waals surface area contributed by atoms with E-state index in [-0.39, 0.29) is 24.9 Å². The van der Waals surface area contributed by atoms with Gasteiger partial charge < -0.3 is 14.8 Å². The lowest BCUT2D eigenvalue weighted by Gasteiger charge is -2.16. The lowest BCUT2D eigenvalue weighted by atomic mass is 10.1. The van der Waals surface area contributed by atoms with Crippen LogP contribution in [0, 0.1) is 0 Å². The Morgan fingerprint density at radius 2 is 2.00 bits per heavy atom. The van der Waals surface area contributed by atoms with E-state index in [9.17, 15) is 9.90 Å². The molecule has 118 valence electrons. The Kier molecular flexibility index (Phi) is 5.66. The molecule has 1 heterocycles. The summed E-state index contributed by atoms with van der Waals surface area (Å²) in [6.07, 6.45) is 0.627. The third-order valence-corrected chi connectivity index (χ3v) is 3.26. The maximum atomic E-state index is 12.0. The van der Waals surface area contributed by atoms with Crippen molar-refractivity contribution in [2.75, 3.05) is 6.61 Å². The Hall–Kier alpha value is -2.21. The van der Waals surface area contributed by atoms with Crippen LogP contribution >= 0.6 is 0 Å². The van der Waals surface area contributed by atoms with Gasteiger partial charge in [0, 0.05) is 18.8 Å². The van der Waals surface area contributed by atoms with Gasteiger partial charge in [-0.1, -0.05) is 44.2 Å². The number of carbonyl (C=O) groups excluding carboxylic acids is 1. The first-order valence-corrected chi connectivity index (χ1v) is 7.37. The van der Waals surface area contributed by atoms with Gasteiger partial charge in [-0.3, -0.25) is 4.79 Å². The van der Waals surface area contributed by atoms with Gasteiger partial charge in [0.1, 0.15) is 0 Å². The van der Waals surface area contributed by atoms with Crippen molar-refractivity contribution in [1.29, 1.82) is 0 Å². The number of nitrogens with one attached hydrogen (secondary N) is 1. The molecule has 2 rings (SSSR count). The maximum absolute atomic E-state index is 12.0. The number of aliphatic hydroxyl groups is 1. The zero-order valence-electron chi connectivity index (χ0n) is 12.8. The predicted octanol–water partition coefficient (Wildman–Crippen LogP) is 1.98. The van der Waals surface area contributed by atoms with Crippen molar-refractivity contribution in [2.24, 2.45) is 0 Å². The number of aliphatic hydroxyl groups excluding tert-OH is 1. The smallest absolute Gasteiger partial charge is 0.221 e. The fourth-order valence-electron chi connectivity index (χ4n) is 2.01. The van der Waals surface area contributed by atoms with Gasteiger partial charge in [0.05, 0.1) is 12.6 Å². The van der Waals surface area contributed by atoms with Crippen LogP contribution in [0.3, 0.4) is 0 Å². The fourth-order valence-corrected chi connectivity index (χ4v) is 2.01. The lowest BCUT2D eigenvalue weighted by Crippen LogP contribution is -2.30. The third kappa shape index (κ3) is 4.39. The summed E-state index contributed by atoms with van der Waals surface area (Å²) in [6.45, 7) is 3.79. The molecule has 1 aromatic carbocycles. The molecule has 1 amide bonds. The molecule has 0 radical (unpaired) electrons. The van der Waals surface area contributed by atoms with Crippen LogP contribution in [-0.4, -0.2) is 27.8 Å². The largest absolute Gasteiger partial charge is 0.425 e. The average Bonchev–Trinajstić information content (AvgIpc) is 3.01. The Balaban J connectivity index is 1.86. The molecule has 6 heteroatoms. The summed E-state index contributed by atoms with van der Waals surface area (Å²) in [5.74, 6) is 1.05. The molecule has 0 fully saturated rings. The van der Waals surface area contributed by atoms with E-state index in [1.807, 2.05) is 44.2 Å². The molecule has 0 spiro atoms. The number of aryl methyl sites for hydroxylation is 1. The van der Waals surface area contributed by atoms with Crippen molar-refractivity contribution >= 4 is 5.91 Å². The number of rotatable bonds is 7. The first-order chi connectivity index (χ1) is 10.6. The minimum atomic E-state index is -0.400. The number of benzene rings is 1. The van der Waals surface area contributed by atoms with Crippen molar-refractivity contribution in [3.05, 3.63) is 47.7 Å². The highest BCUT2D eigenvalue weighted by Crippen LogP contribution is 2.14. The SMILES string of the molecule is CC(C)c1nnc(CCC(=O)N[C@H](CO)c2ccccc2)o1. The number of hydrogen-bond donors (Lipinski definition) is 2. The minimum Gasteiger partial charge on any atom is -0.425 e. The van der Waals surface area contributed by atoms with E-state index in [1.54, 1.807) is 0 Å². The average molecular weight is 303 g/mol. The molecule has 2 aromatic rings. The molecule has 22 heavy (non-hydrogen) atoms. The maximum Gasteiger partial charge on any atom is 0.221 e. The molecule has 0 aliphatic rings. The zero-order chi connectivity index (χ0) is 15.9. The van der Waals surface area contributed by atoms with Crippen LogP contribution in [0.2, 0.25) is 0 Å². The van der Waals surface area contributed by atoms with Crippen LogP contribution in [0.25, 0.3) is 0 Å². The Bertz CT molecular complexity index is 596. The molecule has 0 aliphatic heterocycles. The topological polar surface area (TPSA) is 88.2 Å². The lowest BCUT2D eigenvalue weighted by molar-refractivity contribution is -0.122. The Morgan fingerprint density at radius 1 is 1.27 bits per heavy atom. The van der Waals surface area contributed by atoms with Crippen molar-refractivity contribution < 1.29 is 14.3 Å². The molecule has 1 aromatic heterocycles. The summed E-state index contributed by atoms with van der Waals surface area (Å²) in [6, 6.07) is 8.97. The van der Waals surface area contributed by atoms with E-state index in [2.05, 4.69) is 15.5 Å². The third-order valence-electron chi connectivity index (χ3n) is 3.26. The van der Waals surface area contributed by atoms with E-state index in [1.165, 1.54) is 0 Å². The second-order valence-electron chi connectivity index (χ2n) is 5.40. The molecule has 0 unspecified atom stereocenters. The highest BCUT2D eigenvalue weighted by Gasteiger charge is 2.15. The molecule has 2 N–H and O–H groups in total. The molecule has 0 saturated carbocycles. The van der Waals surface area contributed by atoms with E-state index in [4.69, 9.17) is 4.42 Å². The van der Waals surface area contributed by atoms with E-state index >= 15 is 0 Å². The quantitative estimate of drug-likeness (QED) is 0.816. The van der Waals surface area contributed by atoms with E-state index in [0.29, 0.717) is 18.2 Å². The van der Waals surface area contributed by atoms with Crippen LogP contribution < -0.4 is 5.32 Å². The van der Waals surface area contributed by atoms with Gasteiger partial charge in [-0.05, 0) is 5.56 Å². The number of nitrogens with zero attached hydrogens (tertiary/aromatic N) is 2. The normalized spacial score (nSPS) is 12.4. The van der Waals surface area contributed by atoms with Crippen LogP contribution in [0.1, 0.15) is 49.6 Å². The fraction of sp³-hybridized carbons (Fsp3) is 0.438. The van der Waals surface area contributed by atoms with Crippen LogP contribution in [0.15, 0.2) is 34.7 Å². The summed E-state index contributed by atoms with van der Waals surface area (Å²) in [5.41, 5.74) is 0.873. The molecule has 0 bridgehead atoms. The van der Waals surface area contributed by atoms with Gasteiger partial charge in [-0.25, -0.2) is 0 Å². The summed E-state index contributed by atoms with van der Waals surface area (Å²) in [7, 11) is 0. The summed E-state index contributed by atoms with van der Waals surface area (Å²) in [5, 5.41) is 20.1. The van der Waals surface area contributed by atoms with Gasteiger partial charge in [-0.2, -0.15) is 0 Å². The second kappa shape index (κ2) is 7.70. The standard InChI is InChI=1S/C16H21N3O3/c1-11(2)16-19-18-15(22-16)9-8-14(21)17-13(10-20)12-6-4-3-5-7-12/h3-7,11,13,20H,8-10H2,1-2H3,(H,17,21)/t13-/m1/s1. The number of carbonyl (C=O) groups is 1. The van der Waals surface area contributed by atoms with Crippen LogP contribution in [0.5, 0.6) is 0 Å². The zero-order valence-corrected chi connectivity index (χ0v) is 12.8. The van der Waals surface area contributed by atoms with Gasteiger partial charge in [-0.15, -0.1) is 10.2 Å². The number of amides is 1. The Morgan fingerprint density at radius 3 is 2.59 bits per heavy atom. The monoisotopic (exact) mass is 303 g/mol. The molecule has 6 nitrogen and oxygen atoms in total. The molecule has 0 aliphatic carbocycles. The first kappa shape index (κ1) is 16.2. The summed E-state index contributed by atoms with van der Waals surface area (Å²) >= 11 is 0. The Labute approximate surface area is 129 Å². The van der Waals surface area contributed by atoms with E-state index in [0.717, 1.165) is 5.56 Å². The predicted molar refractivity (Wildman–Crippen MR) is 81.1 cm³/mol. The highest BCUT2D eigenvalue weighted by atomic mass is 16.4. The van der Waals surface area contributed by atoms with Gasteiger partial charge >= 0.3 is 0 Å². The minimum absolute atomic E-state index is 0.145. The first-order valence-electron chi connectivity index (χ1n) is 7.37. The number of hydrogen-bond acceptors (Lipinski definition) is 5.